The van der Waals surface area contributed by atoms with E-state index in [0.717, 1.165) is 45.4 Å². The lowest BCUT2D eigenvalue weighted by Gasteiger charge is -2.34. The van der Waals surface area contributed by atoms with Gasteiger partial charge in [0.2, 0.25) is 0 Å². The number of nitrogens with zero attached hydrogens (tertiary/aromatic N) is 2. The second-order valence-corrected chi connectivity index (χ2v) is 7.30. The number of likely N-dealkylation sites (tertiary alicyclic amines) is 1. The third-order valence-corrected chi connectivity index (χ3v) is 4.41. The second kappa shape index (κ2) is 6.65. The van der Waals surface area contributed by atoms with Crippen LogP contribution in [0.25, 0.3) is 0 Å². The zero-order chi connectivity index (χ0) is 15.5. The molecule has 0 spiro atoms. The molecule has 0 saturated carbocycles. The summed E-state index contributed by atoms with van der Waals surface area (Å²) in [5, 5.41) is 12.4. The summed E-state index contributed by atoms with van der Waals surface area (Å²) in [4.78, 5) is 13.8. The van der Waals surface area contributed by atoms with Crippen molar-refractivity contribution in [2.75, 3.05) is 26.2 Å². The maximum Gasteiger partial charge on any atom is 0.410 e. The minimum absolute atomic E-state index is 0.161. The Morgan fingerprint density at radius 2 is 2.00 bits per heavy atom. The molecule has 5 heteroatoms. The quantitative estimate of drug-likeness (QED) is 0.849. The Bertz CT molecular complexity index is 403. The highest BCUT2D eigenvalue weighted by atomic mass is 16.6. The molecule has 1 amide bonds. The molecule has 0 aromatic heterocycles. The maximum absolute atomic E-state index is 12.0. The number of rotatable bonds is 2. The molecule has 2 atom stereocenters. The van der Waals surface area contributed by atoms with E-state index >= 15 is 0 Å². The summed E-state index contributed by atoms with van der Waals surface area (Å²) in [5.74, 6) is 1.27. The number of piperidine rings is 1. The molecule has 2 fully saturated rings. The summed E-state index contributed by atoms with van der Waals surface area (Å²) in [7, 11) is 0. The van der Waals surface area contributed by atoms with Crippen molar-refractivity contribution in [2.24, 2.45) is 17.8 Å². The predicted octanol–water partition coefficient (Wildman–Crippen LogP) is 2.38. The lowest BCUT2D eigenvalue weighted by Crippen LogP contribution is -2.42. The summed E-state index contributed by atoms with van der Waals surface area (Å²) in [5.41, 5.74) is -0.427. The Kier molecular flexibility index (Phi) is 5.10. The molecular weight excluding hydrogens is 266 g/mol. The predicted molar refractivity (Wildman–Crippen MR) is 80.6 cm³/mol. The normalized spacial score (nSPS) is 27.4. The van der Waals surface area contributed by atoms with E-state index in [2.05, 4.69) is 11.4 Å². The van der Waals surface area contributed by atoms with Crippen LogP contribution in [0.5, 0.6) is 0 Å². The standard InChI is InChI=1S/C16H27N3O2/c1-16(2,3)21-15(20)19-6-4-12(5-7-19)8-13-10-18-11-14(13)9-17/h12-14,18H,4-8,10-11H2,1-3H3/t13-,14-/m1/s1. The number of carbonyl (C=O) groups excluding carboxylic acids is 1. The molecule has 0 aliphatic carbocycles. The van der Waals surface area contributed by atoms with Gasteiger partial charge in [-0.25, -0.2) is 4.79 Å². The summed E-state index contributed by atoms with van der Waals surface area (Å²) in [6.07, 6.45) is 2.95. The third-order valence-electron chi connectivity index (χ3n) is 4.41. The maximum atomic E-state index is 12.0. The molecule has 2 aliphatic rings. The highest BCUT2D eigenvalue weighted by molar-refractivity contribution is 5.68. The molecule has 2 saturated heterocycles. The lowest BCUT2D eigenvalue weighted by molar-refractivity contribution is 0.0175. The minimum Gasteiger partial charge on any atom is -0.444 e. The van der Waals surface area contributed by atoms with Crippen molar-refractivity contribution in [1.29, 1.82) is 5.26 Å². The Labute approximate surface area is 127 Å². The van der Waals surface area contributed by atoms with Crippen LogP contribution >= 0.6 is 0 Å². The van der Waals surface area contributed by atoms with E-state index in [1.54, 1.807) is 0 Å². The highest BCUT2D eigenvalue weighted by Crippen LogP contribution is 2.30. The van der Waals surface area contributed by atoms with Crippen LogP contribution in [-0.2, 0) is 4.74 Å². The van der Waals surface area contributed by atoms with Gasteiger partial charge in [0.25, 0.3) is 0 Å². The molecule has 2 rings (SSSR count). The first-order valence-electron chi connectivity index (χ1n) is 7.97. The first-order valence-corrected chi connectivity index (χ1v) is 7.97. The van der Waals surface area contributed by atoms with Crippen LogP contribution in [0.15, 0.2) is 0 Å². The Morgan fingerprint density at radius 3 is 2.57 bits per heavy atom. The molecular formula is C16H27N3O2. The van der Waals surface area contributed by atoms with Gasteiger partial charge in [-0.05, 0) is 58.4 Å². The second-order valence-electron chi connectivity index (χ2n) is 7.30. The van der Waals surface area contributed by atoms with Crippen molar-refractivity contribution in [2.45, 2.75) is 45.6 Å². The van der Waals surface area contributed by atoms with E-state index in [9.17, 15) is 4.79 Å². The van der Waals surface area contributed by atoms with Gasteiger partial charge < -0.3 is 15.0 Å². The molecule has 0 bridgehead atoms. The average molecular weight is 293 g/mol. The number of carbonyl (C=O) groups is 1. The van der Waals surface area contributed by atoms with E-state index in [-0.39, 0.29) is 12.0 Å². The van der Waals surface area contributed by atoms with Gasteiger partial charge in [0.05, 0.1) is 12.0 Å². The first-order chi connectivity index (χ1) is 9.89. The van der Waals surface area contributed by atoms with Crippen molar-refractivity contribution in [1.82, 2.24) is 10.2 Å². The van der Waals surface area contributed by atoms with Crippen molar-refractivity contribution < 1.29 is 9.53 Å². The largest absolute Gasteiger partial charge is 0.444 e. The van der Waals surface area contributed by atoms with Crippen LogP contribution in [0.3, 0.4) is 0 Å². The van der Waals surface area contributed by atoms with Gasteiger partial charge in [0.1, 0.15) is 5.60 Å². The number of hydrogen-bond donors (Lipinski definition) is 1. The van der Waals surface area contributed by atoms with E-state index < -0.39 is 5.60 Å². The molecule has 118 valence electrons. The Balaban J connectivity index is 1.76. The highest BCUT2D eigenvalue weighted by Gasteiger charge is 2.32. The van der Waals surface area contributed by atoms with Crippen LogP contribution < -0.4 is 5.32 Å². The first kappa shape index (κ1) is 16.1. The van der Waals surface area contributed by atoms with Gasteiger partial charge >= 0.3 is 6.09 Å². The van der Waals surface area contributed by atoms with Gasteiger partial charge in [0, 0.05) is 19.6 Å². The third kappa shape index (κ3) is 4.60. The Hall–Kier alpha value is -1.28. The van der Waals surface area contributed by atoms with Crippen molar-refractivity contribution >= 4 is 6.09 Å². The van der Waals surface area contributed by atoms with Gasteiger partial charge in [-0.15, -0.1) is 0 Å². The molecule has 0 aromatic rings. The topological polar surface area (TPSA) is 65.4 Å². The van der Waals surface area contributed by atoms with Crippen molar-refractivity contribution in [3.63, 3.8) is 0 Å². The molecule has 0 aromatic carbocycles. The average Bonchev–Trinajstić information content (AvgIpc) is 2.85. The Morgan fingerprint density at radius 1 is 1.33 bits per heavy atom. The van der Waals surface area contributed by atoms with E-state index in [1.165, 1.54) is 0 Å². The van der Waals surface area contributed by atoms with Gasteiger partial charge in [-0.1, -0.05) is 0 Å². The van der Waals surface area contributed by atoms with Crippen LogP contribution in [0.4, 0.5) is 4.79 Å². The molecule has 2 heterocycles. The fourth-order valence-corrected chi connectivity index (χ4v) is 3.24. The summed E-state index contributed by atoms with van der Waals surface area (Å²) >= 11 is 0. The zero-order valence-electron chi connectivity index (χ0n) is 13.4. The molecule has 2 aliphatic heterocycles. The van der Waals surface area contributed by atoms with Crippen molar-refractivity contribution in [3.05, 3.63) is 0 Å². The summed E-state index contributed by atoms with van der Waals surface area (Å²) < 4.78 is 5.41. The minimum atomic E-state index is -0.427. The van der Waals surface area contributed by atoms with Crippen LogP contribution in [0.1, 0.15) is 40.0 Å². The smallest absolute Gasteiger partial charge is 0.410 e. The van der Waals surface area contributed by atoms with E-state index in [4.69, 9.17) is 10.00 Å². The fourth-order valence-electron chi connectivity index (χ4n) is 3.24. The zero-order valence-corrected chi connectivity index (χ0v) is 13.4. The van der Waals surface area contributed by atoms with E-state index in [1.807, 2.05) is 25.7 Å². The number of ether oxygens (including phenoxy) is 1. The van der Waals surface area contributed by atoms with Crippen LogP contribution in [0.2, 0.25) is 0 Å². The lowest BCUT2D eigenvalue weighted by atomic mass is 9.83. The summed E-state index contributed by atoms with van der Waals surface area (Å²) in [6.45, 7) is 9.03. The molecule has 0 unspecified atom stereocenters. The van der Waals surface area contributed by atoms with Crippen molar-refractivity contribution in [3.8, 4) is 6.07 Å². The fraction of sp³-hybridized carbons (Fsp3) is 0.875. The van der Waals surface area contributed by atoms with E-state index in [0.29, 0.717) is 11.8 Å². The molecule has 0 radical (unpaired) electrons. The van der Waals surface area contributed by atoms with Crippen LogP contribution in [0, 0.1) is 29.1 Å². The summed E-state index contributed by atoms with van der Waals surface area (Å²) in [6, 6.07) is 2.41. The van der Waals surface area contributed by atoms with Gasteiger partial charge in [-0.2, -0.15) is 5.26 Å². The number of nitrogens with one attached hydrogen (secondary N) is 1. The van der Waals surface area contributed by atoms with Gasteiger partial charge in [0.15, 0.2) is 0 Å². The van der Waals surface area contributed by atoms with Gasteiger partial charge in [-0.3, -0.25) is 0 Å². The molecule has 1 N–H and O–H groups in total. The number of nitriles is 1. The SMILES string of the molecule is CC(C)(C)OC(=O)N1CCC(C[C@@H]2CNC[C@H]2C#N)CC1. The van der Waals surface area contributed by atoms with Crippen LogP contribution in [-0.4, -0.2) is 42.8 Å². The molecule has 21 heavy (non-hydrogen) atoms. The molecule has 5 nitrogen and oxygen atoms in total. The monoisotopic (exact) mass is 293 g/mol. The number of hydrogen-bond acceptors (Lipinski definition) is 4. The number of amides is 1.